The molecule has 0 bridgehead atoms. The van der Waals surface area contributed by atoms with Crippen molar-refractivity contribution in [1.82, 2.24) is 14.9 Å². The van der Waals surface area contributed by atoms with E-state index in [-0.39, 0.29) is 31.2 Å². The van der Waals surface area contributed by atoms with Crippen LogP contribution in [-0.2, 0) is 33.9 Å². The van der Waals surface area contributed by atoms with Gasteiger partial charge in [0.1, 0.15) is 23.8 Å². The Morgan fingerprint density at radius 3 is 2.33 bits per heavy atom. The summed E-state index contributed by atoms with van der Waals surface area (Å²) in [7, 11) is -3.55. The van der Waals surface area contributed by atoms with Gasteiger partial charge in [0.05, 0.1) is 17.5 Å². The Balaban J connectivity index is 1.13. The second-order valence-electron chi connectivity index (χ2n) is 15.2. The van der Waals surface area contributed by atoms with Crippen LogP contribution in [0.15, 0.2) is 66.7 Å². The molecule has 5 amide bonds. The molecule has 2 aromatic carbocycles. The number of benzene rings is 2. The number of likely N-dealkylation sites (tertiary alicyclic amines) is 1. The molecule has 54 heavy (non-hydrogen) atoms. The molecular weight excluding hydrogens is 715 g/mol. The van der Waals surface area contributed by atoms with E-state index in [1.165, 1.54) is 4.90 Å². The number of allylic oxidation sites excluding steroid dienone is 2. The smallest absolute Gasteiger partial charge is 0.411 e. The Bertz CT molecular complexity index is 1820. The number of primary amides is 1. The molecule has 5 N–H and O–H groups in total. The summed E-state index contributed by atoms with van der Waals surface area (Å²) in [5, 5.41) is 5.00. The van der Waals surface area contributed by atoms with Crippen LogP contribution in [0, 0.1) is 11.8 Å². The summed E-state index contributed by atoms with van der Waals surface area (Å²) in [4.78, 5) is 65.9. The van der Waals surface area contributed by atoms with Crippen LogP contribution in [0.5, 0.6) is 0 Å². The first-order chi connectivity index (χ1) is 25.6. The highest BCUT2D eigenvalue weighted by Gasteiger charge is 2.45. The second kappa shape index (κ2) is 17.5. The van der Waals surface area contributed by atoms with Crippen molar-refractivity contribution in [2.24, 2.45) is 17.6 Å². The molecule has 0 radical (unpaired) electrons. The fourth-order valence-corrected chi connectivity index (χ4v) is 7.88. The van der Waals surface area contributed by atoms with E-state index in [2.05, 4.69) is 15.4 Å². The van der Waals surface area contributed by atoms with Crippen molar-refractivity contribution in [2.45, 2.75) is 108 Å². The average Bonchev–Trinajstić information content (AvgIpc) is 4.04. The Hall–Kier alpha value is -4.92. The summed E-state index contributed by atoms with van der Waals surface area (Å²) >= 11 is 0. The van der Waals surface area contributed by atoms with Gasteiger partial charge in [0.15, 0.2) is 0 Å². The summed E-state index contributed by atoms with van der Waals surface area (Å²) in [5.41, 5.74) is 7.12. The van der Waals surface area contributed by atoms with Crippen LogP contribution < -0.4 is 21.1 Å². The van der Waals surface area contributed by atoms with E-state index in [0.29, 0.717) is 37.8 Å². The van der Waals surface area contributed by atoms with Crippen LogP contribution in [0.3, 0.4) is 0 Å². The number of carbonyl (C=O) groups is 5. The summed E-state index contributed by atoms with van der Waals surface area (Å²) in [6.45, 7) is 5.03. The molecular formula is C39H51N5O9S. The van der Waals surface area contributed by atoms with E-state index >= 15 is 0 Å². The van der Waals surface area contributed by atoms with Gasteiger partial charge in [-0.25, -0.2) is 18.0 Å². The van der Waals surface area contributed by atoms with Crippen molar-refractivity contribution in [3.63, 3.8) is 0 Å². The molecule has 15 heteroatoms. The second-order valence-corrected chi connectivity index (χ2v) is 17.2. The number of para-hydroxylation sites is 1. The number of amides is 5. The first-order valence-corrected chi connectivity index (χ1v) is 20.1. The topological polar surface area (TPSA) is 203 Å². The number of rotatable bonds is 16. The number of nitrogens with two attached hydrogens (primary N) is 1. The number of hydrogen-bond acceptors (Lipinski definition) is 9. The zero-order valence-corrected chi connectivity index (χ0v) is 31.8. The van der Waals surface area contributed by atoms with Crippen molar-refractivity contribution in [3.05, 3.63) is 66.7 Å². The van der Waals surface area contributed by atoms with Crippen molar-refractivity contribution >= 4 is 45.6 Å². The predicted octanol–water partition coefficient (Wildman–Crippen LogP) is 5.00. The lowest BCUT2D eigenvalue weighted by Gasteiger charge is -2.28. The first-order valence-electron chi connectivity index (χ1n) is 18.5. The van der Waals surface area contributed by atoms with Crippen molar-refractivity contribution in [2.75, 3.05) is 11.9 Å². The summed E-state index contributed by atoms with van der Waals surface area (Å²) in [6, 6.07) is 14.7. The Kier molecular flexibility index (Phi) is 13.0. The van der Waals surface area contributed by atoms with Crippen molar-refractivity contribution in [3.8, 4) is 11.1 Å². The molecule has 1 aliphatic heterocycles. The molecule has 1 heterocycles. The molecule has 0 aromatic heterocycles. The molecule has 2 aromatic rings. The van der Waals surface area contributed by atoms with Gasteiger partial charge in [-0.15, -0.1) is 0 Å². The number of unbranched alkanes of at least 4 members (excludes halogenated alkanes) is 3. The highest BCUT2D eigenvalue weighted by molar-refractivity contribution is 7.90. The van der Waals surface area contributed by atoms with Gasteiger partial charge in [-0.2, -0.15) is 0 Å². The Labute approximate surface area is 316 Å². The van der Waals surface area contributed by atoms with Crippen LogP contribution in [0.2, 0.25) is 0 Å². The van der Waals surface area contributed by atoms with E-state index in [0.717, 1.165) is 24.0 Å². The first kappa shape index (κ1) is 40.3. The molecule has 1 saturated heterocycles. The number of ether oxygens (including phenoxy) is 2. The lowest BCUT2D eigenvalue weighted by atomic mass is 10.0. The van der Waals surface area contributed by atoms with Crippen LogP contribution >= 0.6 is 0 Å². The van der Waals surface area contributed by atoms with Crippen LogP contribution in [0.1, 0.15) is 78.6 Å². The number of nitrogens with zero attached hydrogens (tertiary/aromatic N) is 1. The largest absolute Gasteiger partial charge is 0.444 e. The van der Waals surface area contributed by atoms with E-state index in [1.807, 2.05) is 54.6 Å². The SMILES string of the molecule is CC(C)(C)OC(=O)N[C@@H](CCCCC/C=C\[C@@H]1C[C@@H]1C(=O)NS(=O)(=O)C1CC1)C(=O)N1C[C@H](OC(=O)Nc2ccccc2-c2ccccc2)C[C@H]1C(N)=O. The number of carbonyl (C=O) groups excluding carboxylic acids is 5. The normalized spacial score (nSPS) is 21.6. The molecule has 2 saturated carbocycles. The number of anilines is 1. The maximum Gasteiger partial charge on any atom is 0.411 e. The Morgan fingerprint density at radius 1 is 0.944 bits per heavy atom. The summed E-state index contributed by atoms with van der Waals surface area (Å²) in [6.07, 6.45) is 6.39. The zero-order valence-electron chi connectivity index (χ0n) is 31.0. The van der Waals surface area contributed by atoms with E-state index < -0.39 is 69.0 Å². The zero-order chi connectivity index (χ0) is 39.0. The lowest BCUT2D eigenvalue weighted by molar-refractivity contribution is -0.139. The third-order valence-corrected chi connectivity index (χ3v) is 11.3. The van der Waals surface area contributed by atoms with Gasteiger partial charge < -0.3 is 25.4 Å². The molecule has 2 aliphatic carbocycles. The Morgan fingerprint density at radius 2 is 1.65 bits per heavy atom. The monoisotopic (exact) mass is 765 g/mol. The molecule has 3 aliphatic rings. The van der Waals surface area contributed by atoms with Crippen molar-refractivity contribution < 1.29 is 41.9 Å². The number of sulfonamides is 1. The molecule has 0 unspecified atom stereocenters. The summed E-state index contributed by atoms with van der Waals surface area (Å²) in [5.74, 6) is -2.04. The van der Waals surface area contributed by atoms with Gasteiger partial charge in [-0.3, -0.25) is 24.4 Å². The molecule has 0 spiro atoms. The van der Waals surface area contributed by atoms with E-state index in [9.17, 15) is 32.4 Å². The molecule has 3 fully saturated rings. The molecule has 292 valence electrons. The average molecular weight is 766 g/mol. The minimum Gasteiger partial charge on any atom is -0.444 e. The maximum atomic E-state index is 14.0. The van der Waals surface area contributed by atoms with Crippen LogP contribution in [-0.4, -0.2) is 78.8 Å². The van der Waals surface area contributed by atoms with Gasteiger partial charge in [0.2, 0.25) is 27.7 Å². The van der Waals surface area contributed by atoms with Gasteiger partial charge in [0, 0.05) is 17.9 Å². The van der Waals surface area contributed by atoms with Gasteiger partial charge in [-0.05, 0) is 76.8 Å². The quantitative estimate of drug-likeness (QED) is 0.134. The van der Waals surface area contributed by atoms with Crippen LogP contribution in [0.25, 0.3) is 11.1 Å². The molecule has 5 atom stereocenters. The summed E-state index contributed by atoms with van der Waals surface area (Å²) < 4.78 is 37.4. The minimum atomic E-state index is -3.55. The minimum absolute atomic E-state index is 0.000158. The highest BCUT2D eigenvalue weighted by atomic mass is 32.2. The fourth-order valence-electron chi connectivity index (χ4n) is 6.52. The van der Waals surface area contributed by atoms with Crippen molar-refractivity contribution in [1.29, 1.82) is 0 Å². The van der Waals surface area contributed by atoms with Gasteiger partial charge in [-0.1, -0.05) is 73.5 Å². The maximum absolute atomic E-state index is 14.0. The molecule has 14 nitrogen and oxygen atoms in total. The fraction of sp³-hybridized carbons (Fsp3) is 0.513. The molecule has 5 rings (SSSR count). The van der Waals surface area contributed by atoms with Gasteiger partial charge >= 0.3 is 12.2 Å². The third-order valence-electron chi connectivity index (χ3n) is 9.52. The standard InChI is InChI=1S/C39H51N5O9S/c1-39(2,3)53-38(49)42-32(19-11-6-4-5-8-16-26-22-30(26)35(46)43-54(50,51)28-20-21-28)36(47)44-24-27(23-33(44)34(40)45)52-37(48)41-31-18-13-12-17-29(31)25-14-9-7-10-15-25/h7-10,12-18,26-28,30,32-33H,4-6,11,19-24H2,1-3H3,(H2,40,45)(H,41,48)(H,42,49)(H,43,46)/b16-8-/t26-,27-,30+,32+,33+/m1/s1. The number of nitrogens with one attached hydrogen (secondary N) is 3. The highest BCUT2D eigenvalue weighted by Crippen LogP contribution is 2.40. The van der Waals surface area contributed by atoms with E-state index in [4.69, 9.17) is 15.2 Å². The van der Waals surface area contributed by atoms with Crippen LogP contribution in [0.4, 0.5) is 15.3 Å². The lowest BCUT2D eigenvalue weighted by Crippen LogP contribution is -2.53. The number of alkyl carbamates (subject to hydrolysis) is 1. The number of hydrogen-bond donors (Lipinski definition) is 4. The predicted molar refractivity (Wildman–Crippen MR) is 202 cm³/mol. The van der Waals surface area contributed by atoms with E-state index in [1.54, 1.807) is 32.9 Å². The van der Waals surface area contributed by atoms with Gasteiger partial charge in [0.25, 0.3) is 0 Å². The third kappa shape index (κ3) is 11.5.